The van der Waals surface area contributed by atoms with Gasteiger partial charge in [-0.1, -0.05) is 6.07 Å². The van der Waals surface area contributed by atoms with Crippen LogP contribution in [0, 0.1) is 6.92 Å². The minimum atomic E-state index is 0.134. The van der Waals surface area contributed by atoms with E-state index in [1.807, 2.05) is 47.1 Å². The standard InChI is InChI=1S/C19H25N3O3/c1-14-11-20-21(12-14)13-16-5-4-8-22(16)19(23)9-15-6-7-17(24-2)10-18(15)25-3/h6-7,10-12,16H,4-5,8-9,13H2,1-3H3/t16-/m0/s1. The average Bonchev–Trinajstić information content (AvgIpc) is 3.24. The fourth-order valence-corrected chi connectivity index (χ4v) is 3.40. The fraction of sp³-hybridized carbons (Fsp3) is 0.474. The van der Waals surface area contributed by atoms with Gasteiger partial charge in [-0.3, -0.25) is 9.48 Å². The molecule has 1 aliphatic heterocycles. The zero-order valence-corrected chi connectivity index (χ0v) is 15.1. The Morgan fingerprint density at radius 3 is 2.84 bits per heavy atom. The third-order valence-corrected chi connectivity index (χ3v) is 4.69. The number of nitrogens with zero attached hydrogens (tertiary/aromatic N) is 3. The van der Waals surface area contributed by atoms with Gasteiger partial charge in [-0.05, 0) is 31.4 Å². The van der Waals surface area contributed by atoms with Crippen molar-refractivity contribution in [2.75, 3.05) is 20.8 Å². The molecule has 2 heterocycles. The number of aromatic nitrogens is 2. The molecule has 1 fully saturated rings. The van der Waals surface area contributed by atoms with Crippen LogP contribution in [0.3, 0.4) is 0 Å². The Balaban J connectivity index is 1.69. The molecule has 6 heteroatoms. The number of hydrogen-bond donors (Lipinski definition) is 0. The first-order chi connectivity index (χ1) is 12.1. The molecule has 0 N–H and O–H groups in total. The Hall–Kier alpha value is -2.50. The van der Waals surface area contributed by atoms with Crippen LogP contribution in [-0.2, 0) is 17.8 Å². The monoisotopic (exact) mass is 343 g/mol. The second kappa shape index (κ2) is 7.59. The molecule has 1 aromatic heterocycles. The Morgan fingerprint density at radius 2 is 2.16 bits per heavy atom. The van der Waals surface area contributed by atoms with Crippen molar-refractivity contribution in [2.24, 2.45) is 0 Å². The van der Waals surface area contributed by atoms with Crippen molar-refractivity contribution in [2.45, 2.75) is 38.8 Å². The predicted molar refractivity (Wildman–Crippen MR) is 94.9 cm³/mol. The highest BCUT2D eigenvalue weighted by atomic mass is 16.5. The summed E-state index contributed by atoms with van der Waals surface area (Å²) in [5.74, 6) is 1.54. The summed E-state index contributed by atoms with van der Waals surface area (Å²) in [5.41, 5.74) is 2.02. The summed E-state index contributed by atoms with van der Waals surface area (Å²) in [7, 11) is 3.23. The van der Waals surface area contributed by atoms with E-state index >= 15 is 0 Å². The van der Waals surface area contributed by atoms with Crippen LogP contribution in [0.4, 0.5) is 0 Å². The molecule has 3 rings (SSSR count). The molecule has 0 spiro atoms. The first-order valence-corrected chi connectivity index (χ1v) is 8.60. The Bertz CT molecular complexity index is 741. The van der Waals surface area contributed by atoms with Gasteiger partial charge in [-0.15, -0.1) is 0 Å². The van der Waals surface area contributed by atoms with E-state index < -0.39 is 0 Å². The van der Waals surface area contributed by atoms with E-state index in [9.17, 15) is 4.79 Å². The molecule has 0 radical (unpaired) electrons. The zero-order valence-electron chi connectivity index (χ0n) is 15.1. The molecule has 0 aliphatic carbocycles. The van der Waals surface area contributed by atoms with Gasteiger partial charge < -0.3 is 14.4 Å². The quantitative estimate of drug-likeness (QED) is 0.808. The third-order valence-electron chi connectivity index (χ3n) is 4.69. The number of methoxy groups -OCH3 is 2. The van der Waals surface area contributed by atoms with Gasteiger partial charge in [0.2, 0.25) is 5.91 Å². The Labute approximate surface area is 148 Å². The molecular formula is C19H25N3O3. The van der Waals surface area contributed by atoms with E-state index in [-0.39, 0.29) is 11.9 Å². The lowest BCUT2D eigenvalue weighted by atomic mass is 10.1. The maximum atomic E-state index is 12.9. The number of carbonyl (C=O) groups is 1. The van der Waals surface area contributed by atoms with Gasteiger partial charge in [0.25, 0.3) is 0 Å². The molecule has 1 saturated heterocycles. The third kappa shape index (κ3) is 3.95. The minimum absolute atomic E-state index is 0.134. The van der Waals surface area contributed by atoms with E-state index in [1.54, 1.807) is 14.2 Å². The molecule has 2 aromatic rings. The number of likely N-dealkylation sites (tertiary alicyclic amines) is 1. The first-order valence-electron chi connectivity index (χ1n) is 8.60. The maximum Gasteiger partial charge on any atom is 0.227 e. The summed E-state index contributed by atoms with van der Waals surface area (Å²) >= 11 is 0. The fourth-order valence-electron chi connectivity index (χ4n) is 3.40. The average molecular weight is 343 g/mol. The highest BCUT2D eigenvalue weighted by molar-refractivity contribution is 5.80. The summed E-state index contributed by atoms with van der Waals surface area (Å²) in [4.78, 5) is 14.8. The van der Waals surface area contributed by atoms with E-state index in [0.29, 0.717) is 12.2 Å². The van der Waals surface area contributed by atoms with Crippen LogP contribution in [-0.4, -0.2) is 47.4 Å². The van der Waals surface area contributed by atoms with Crippen LogP contribution >= 0.6 is 0 Å². The van der Waals surface area contributed by atoms with E-state index in [2.05, 4.69) is 5.10 Å². The predicted octanol–water partition coefficient (Wildman–Crippen LogP) is 2.44. The zero-order chi connectivity index (χ0) is 17.8. The van der Waals surface area contributed by atoms with Crippen LogP contribution < -0.4 is 9.47 Å². The molecule has 25 heavy (non-hydrogen) atoms. The molecule has 1 aliphatic rings. The molecule has 1 atom stereocenters. The second-order valence-corrected chi connectivity index (χ2v) is 6.48. The van der Waals surface area contributed by atoms with Crippen molar-refractivity contribution < 1.29 is 14.3 Å². The molecule has 0 bridgehead atoms. The van der Waals surface area contributed by atoms with Crippen molar-refractivity contribution in [3.8, 4) is 11.5 Å². The van der Waals surface area contributed by atoms with Gasteiger partial charge in [-0.25, -0.2) is 0 Å². The lowest BCUT2D eigenvalue weighted by Crippen LogP contribution is -2.39. The minimum Gasteiger partial charge on any atom is -0.497 e. The number of aryl methyl sites for hydroxylation is 1. The topological polar surface area (TPSA) is 56.6 Å². The summed E-state index contributed by atoms with van der Waals surface area (Å²) in [6, 6.07) is 5.78. The largest absolute Gasteiger partial charge is 0.497 e. The van der Waals surface area contributed by atoms with Crippen LogP contribution in [0.2, 0.25) is 0 Å². The van der Waals surface area contributed by atoms with Crippen LogP contribution in [0.15, 0.2) is 30.6 Å². The normalized spacial score (nSPS) is 16.9. The number of benzene rings is 1. The summed E-state index contributed by atoms with van der Waals surface area (Å²) < 4.78 is 12.6. The van der Waals surface area contributed by atoms with E-state index in [0.717, 1.165) is 42.8 Å². The maximum absolute atomic E-state index is 12.9. The number of amides is 1. The molecule has 6 nitrogen and oxygen atoms in total. The van der Waals surface area contributed by atoms with Crippen molar-refractivity contribution in [3.63, 3.8) is 0 Å². The molecule has 1 amide bonds. The summed E-state index contributed by atoms with van der Waals surface area (Å²) in [6.07, 6.45) is 6.26. The summed E-state index contributed by atoms with van der Waals surface area (Å²) in [6.45, 7) is 3.58. The van der Waals surface area contributed by atoms with Crippen LogP contribution in [0.5, 0.6) is 11.5 Å². The summed E-state index contributed by atoms with van der Waals surface area (Å²) in [5, 5.41) is 4.35. The van der Waals surface area contributed by atoms with E-state index in [1.165, 1.54) is 0 Å². The van der Waals surface area contributed by atoms with Gasteiger partial charge in [0, 0.05) is 24.4 Å². The van der Waals surface area contributed by atoms with E-state index in [4.69, 9.17) is 9.47 Å². The number of ether oxygens (including phenoxy) is 2. The van der Waals surface area contributed by atoms with Crippen molar-refractivity contribution >= 4 is 5.91 Å². The smallest absolute Gasteiger partial charge is 0.227 e. The second-order valence-electron chi connectivity index (χ2n) is 6.48. The van der Waals surface area contributed by atoms with Crippen molar-refractivity contribution in [1.82, 2.24) is 14.7 Å². The van der Waals surface area contributed by atoms with Gasteiger partial charge in [-0.2, -0.15) is 5.10 Å². The Morgan fingerprint density at radius 1 is 1.32 bits per heavy atom. The number of hydrogen-bond acceptors (Lipinski definition) is 4. The van der Waals surface area contributed by atoms with Gasteiger partial charge >= 0.3 is 0 Å². The lowest BCUT2D eigenvalue weighted by molar-refractivity contribution is -0.131. The molecule has 1 aromatic carbocycles. The SMILES string of the molecule is COc1ccc(CC(=O)N2CCC[C@H]2Cn2cc(C)cn2)c(OC)c1. The Kier molecular flexibility index (Phi) is 5.26. The van der Waals surface area contributed by atoms with Crippen molar-refractivity contribution in [3.05, 3.63) is 41.7 Å². The molecule has 0 saturated carbocycles. The highest BCUT2D eigenvalue weighted by Gasteiger charge is 2.29. The molecule has 0 unspecified atom stereocenters. The van der Waals surface area contributed by atoms with Crippen LogP contribution in [0.25, 0.3) is 0 Å². The van der Waals surface area contributed by atoms with Crippen LogP contribution in [0.1, 0.15) is 24.0 Å². The van der Waals surface area contributed by atoms with Crippen molar-refractivity contribution in [1.29, 1.82) is 0 Å². The van der Waals surface area contributed by atoms with Gasteiger partial charge in [0.1, 0.15) is 11.5 Å². The number of carbonyl (C=O) groups excluding carboxylic acids is 1. The number of rotatable bonds is 6. The lowest BCUT2D eigenvalue weighted by Gasteiger charge is -2.25. The van der Waals surface area contributed by atoms with Gasteiger partial charge in [0.15, 0.2) is 0 Å². The first kappa shape index (κ1) is 17.3. The molecule has 134 valence electrons. The van der Waals surface area contributed by atoms with Gasteiger partial charge in [0.05, 0.1) is 39.4 Å². The molecular weight excluding hydrogens is 318 g/mol. The highest BCUT2D eigenvalue weighted by Crippen LogP contribution is 2.27.